The maximum absolute atomic E-state index is 5.81. The Morgan fingerprint density at radius 3 is 2.93 bits per heavy atom. The minimum Gasteiger partial charge on any atom is -0.381 e. The summed E-state index contributed by atoms with van der Waals surface area (Å²) in [6.07, 6.45) is 5.30. The van der Waals surface area contributed by atoms with Crippen LogP contribution < -0.4 is 5.73 Å². The quantitative estimate of drug-likeness (QED) is 0.844. The molecule has 78 valence electrons. The summed E-state index contributed by atoms with van der Waals surface area (Å²) in [6.45, 7) is 2.67. The van der Waals surface area contributed by atoms with E-state index < -0.39 is 0 Å². The number of rotatable bonds is 2. The molecule has 0 bridgehead atoms. The Labute approximate surface area is 92.7 Å². The van der Waals surface area contributed by atoms with E-state index in [1.54, 1.807) is 17.1 Å². The summed E-state index contributed by atoms with van der Waals surface area (Å²) >= 11 is 5.81. The van der Waals surface area contributed by atoms with Gasteiger partial charge in [0.15, 0.2) is 5.82 Å². The van der Waals surface area contributed by atoms with Crippen LogP contribution in [0.3, 0.4) is 0 Å². The molecule has 0 aliphatic carbocycles. The molecule has 0 saturated heterocycles. The highest BCUT2D eigenvalue weighted by molar-refractivity contribution is 6.32. The van der Waals surface area contributed by atoms with Crippen molar-refractivity contribution in [2.75, 3.05) is 5.73 Å². The summed E-state index contributed by atoms with van der Waals surface area (Å²) < 4.78 is 1.72. The second kappa shape index (κ2) is 3.90. The Kier molecular flexibility index (Phi) is 2.60. The molecule has 2 aromatic heterocycles. The van der Waals surface area contributed by atoms with E-state index in [-0.39, 0.29) is 0 Å². The zero-order valence-electron chi connectivity index (χ0n) is 8.31. The predicted octanol–water partition coefficient (Wildman–Crippen LogP) is 1.87. The molecule has 2 N–H and O–H groups in total. The van der Waals surface area contributed by atoms with Gasteiger partial charge in [0.1, 0.15) is 5.02 Å². The lowest BCUT2D eigenvalue weighted by molar-refractivity contribution is 0.686. The van der Waals surface area contributed by atoms with E-state index >= 15 is 0 Å². The summed E-state index contributed by atoms with van der Waals surface area (Å²) in [5.41, 5.74) is 7.84. The van der Waals surface area contributed by atoms with Crippen molar-refractivity contribution in [1.29, 1.82) is 0 Å². The lowest BCUT2D eigenvalue weighted by atomic mass is 10.2. The molecule has 0 aromatic carbocycles. The molecule has 4 nitrogen and oxygen atoms in total. The van der Waals surface area contributed by atoms with Gasteiger partial charge in [-0.2, -0.15) is 5.10 Å². The molecule has 0 amide bonds. The SMILES string of the molecule is Cc1cnccc1Cn1cc(Cl)c(N)n1. The van der Waals surface area contributed by atoms with Crippen LogP contribution in [0.5, 0.6) is 0 Å². The average Bonchev–Trinajstić information content (AvgIpc) is 2.50. The summed E-state index contributed by atoms with van der Waals surface area (Å²) in [7, 11) is 0. The highest BCUT2D eigenvalue weighted by Gasteiger charge is 2.04. The van der Waals surface area contributed by atoms with Crippen LogP contribution in [-0.4, -0.2) is 14.8 Å². The first-order valence-corrected chi connectivity index (χ1v) is 4.92. The van der Waals surface area contributed by atoms with Gasteiger partial charge in [-0.05, 0) is 24.1 Å². The smallest absolute Gasteiger partial charge is 0.164 e. The van der Waals surface area contributed by atoms with E-state index in [1.165, 1.54) is 0 Å². The van der Waals surface area contributed by atoms with Crippen molar-refractivity contribution in [2.24, 2.45) is 0 Å². The lowest BCUT2D eigenvalue weighted by Crippen LogP contribution is -2.02. The van der Waals surface area contributed by atoms with Gasteiger partial charge in [-0.1, -0.05) is 11.6 Å². The normalized spacial score (nSPS) is 10.5. The Bertz CT molecular complexity index is 459. The minimum atomic E-state index is 0.364. The predicted molar refractivity (Wildman–Crippen MR) is 59.7 cm³/mol. The number of anilines is 1. The summed E-state index contributed by atoms with van der Waals surface area (Å²) in [5, 5.41) is 4.58. The Hall–Kier alpha value is -1.55. The number of aromatic nitrogens is 3. The van der Waals surface area contributed by atoms with Gasteiger partial charge in [-0.25, -0.2) is 0 Å². The van der Waals surface area contributed by atoms with Gasteiger partial charge in [-0.3, -0.25) is 9.67 Å². The molecule has 0 unspecified atom stereocenters. The number of halogens is 1. The molecule has 5 heteroatoms. The van der Waals surface area contributed by atoms with Crippen molar-refractivity contribution < 1.29 is 0 Å². The largest absolute Gasteiger partial charge is 0.381 e. The van der Waals surface area contributed by atoms with Crippen LogP contribution >= 0.6 is 11.6 Å². The molecule has 2 rings (SSSR count). The first-order chi connectivity index (χ1) is 7.16. The van der Waals surface area contributed by atoms with Crippen LogP contribution in [-0.2, 0) is 6.54 Å². The van der Waals surface area contributed by atoms with Gasteiger partial charge in [0, 0.05) is 18.6 Å². The molecular weight excluding hydrogens is 212 g/mol. The molecule has 0 fully saturated rings. The molecule has 2 aromatic rings. The van der Waals surface area contributed by atoms with Gasteiger partial charge in [0.25, 0.3) is 0 Å². The zero-order valence-corrected chi connectivity index (χ0v) is 9.07. The van der Waals surface area contributed by atoms with Crippen LogP contribution in [0.25, 0.3) is 0 Å². The number of nitrogens with zero attached hydrogens (tertiary/aromatic N) is 3. The number of hydrogen-bond donors (Lipinski definition) is 1. The van der Waals surface area contributed by atoms with Crippen LogP contribution in [0.4, 0.5) is 5.82 Å². The van der Waals surface area contributed by atoms with Gasteiger partial charge in [0.05, 0.1) is 6.54 Å². The van der Waals surface area contributed by atoms with E-state index in [1.807, 2.05) is 19.2 Å². The Morgan fingerprint density at radius 2 is 2.33 bits per heavy atom. The van der Waals surface area contributed by atoms with E-state index in [0.29, 0.717) is 17.4 Å². The molecule has 0 spiro atoms. The van der Waals surface area contributed by atoms with Crippen molar-refractivity contribution >= 4 is 17.4 Å². The average molecular weight is 223 g/mol. The van der Waals surface area contributed by atoms with Gasteiger partial charge in [-0.15, -0.1) is 0 Å². The number of aryl methyl sites for hydroxylation is 1. The van der Waals surface area contributed by atoms with Crippen molar-refractivity contribution in [3.63, 3.8) is 0 Å². The molecule has 0 aliphatic heterocycles. The zero-order chi connectivity index (χ0) is 10.8. The number of pyridine rings is 1. The monoisotopic (exact) mass is 222 g/mol. The number of nitrogen functional groups attached to an aromatic ring is 1. The first-order valence-electron chi connectivity index (χ1n) is 4.55. The highest BCUT2D eigenvalue weighted by atomic mass is 35.5. The second-order valence-electron chi connectivity index (χ2n) is 3.36. The standard InChI is InChI=1S/C10H11ClN4/c1-7-4-13-3-2-8(7)5-15-6-9(11)10(12)14-15/h2-4,6H,5H2,1H3,(H2,12,14). The molecule has 2 heterocycles. The van der Waals surface area contributed by atoms with E-state index in [0.717, 1.165) is 11.1 Å². The molecule has 0 aliphatic rings. The molecule has 15 heavy (non-hydrogen) atoms. The third-order valence-corrected chi connectivity index (χ3v) is 2.50. The molecule has 0 atom stereocenters. The van der Waals surface area contributed by atoms with Crippen LogP contribution in [0.1, 0.15) is 11.1 Å². The first kappa shape index (κ1) is 9.98. The second-order valence-corrected chi connectivity index (χ2v) is 3.77. The lowest BCUT2D eigenvalue weighted by Gasteiger charge is -2.04. The van der Waals surface area contributed by atoms with Crippen molar-refractivity contribution in [1.82, 2.24) is 14.8 Å². The molecule has 0 radical (unpaired) electrons. The van der Waals surface area contributed by atoms with Gasteiger partial charge < -0.3 is 5.73 Å². The minimum absolute atomic E-state index is 0.364. The third-order valence-electron chi connectivity index (χ3n) is 2.21. The van der Waals surface area contributed by atoms with Crippen LogP contribution in [0, 0.1) is 6.92 Å². The summed E-state index contributed by atoms with van der Waals surface area (Å²) in [5.74, 6) is 0.364. The molecular formula is C10H11ClN4. The maximum Gasteiger partial charge on any atom is 0.164 e. The van der Waals surface area contributed by atoms with E-state index in [4.69, 9.17) is 17.3 Å². The topological polar surface area (TPSA) is 56.7 Å². The summed E-state index contributed by atoms with van der Waals surface area (Å²) in [6, 6.07) is 1.96. The highest BCUT2D eigenvalue weighted by Crippen LogP contribution is 2.16. The number of hydrogen-bond acceptors (Lipinski definition) is 3. The Balaban J connectivity index is 2.26. The van der Waals surface area contributed by atoms with Crippen molar-refractivity contribution in [2.45, 2.75) is 13.5 Å². The fraction of sp³-hybridized carbons (Fsp3) is 0.200. The Morgan fingerprint density at radius 1 is 1.53 bits per heavy atom. The van der Waals surface area contributed by atoms with Crippen molar-refractivity contribution in [3.8, 4) is 0 Å². The van der Waals surface area contributed by atoms with Crippen LogP contribution in [0.15, 0.2) is 24.7 Å². The summed E-state index contributed by atoms with van der Waals surface area (Å²) in [4.78, 5) is 4.03. The van der Waals surface area contributed by atoms with Crippen molar-refractivity contribution in [3.05, 3.63) is 40.8 Å². The fourth-order valence-electron chi connectivity index (χ4n) is 1.35. The van der Waals surface area contributed by atoms with Gasteiger partial charge >= 0.3 is 0 Å². The van der Waals surface area contributed by atoms with E-state index in [2.05, 4.69) is 10.1 Å². The molecule has 0 saturated carbocycles. The van der Waals surface area contributed by atoms with Crippen LogP contribution in [0.2, 0.25) is 5.02 Å². The third kappa shape index (κ3) is 2.10. The van der Waals surface area contributed by atoms with Gasteiger partial charge in [0.2, 0.25) is 0 Å². The maximum atomic E-state index is 5.81. The number of nitrogens with two attached hydrogens (primary N) is 1. The fourth-order valence-corrected chi connectivity index (χ4v) is 1.50. The van der Waals surface area contributed by atoms with E-state index in [9.17, 15) is 0 Å².